The first-order valence-corrected chi connectivity index (χ1v) is 8.94. The van der Waals surface area contributed by atoms with E-state index in [4.69, 9.17) is 9.40 Å². The zero-order valence-electron chi connectivity index (χ0n) is 14.7. The van der Waals surface area contributed by atoms with Crippen molar-refractivity contribution in [3.05, 3.63) is 97.1 Å². The van der Waals surface area contributed by atoms with Crippen LogP contribution < -0.4 is 0 Å². The summed E-state index contributed by atoms with van der Waals surface area (Å²) in [5, 5.41) is 2.30. The van der Waals surface area contributed by atoms with Gasteiger partial charge in [-0.05, 0) is 45.7 Å². The normalized spacial score (nSPS) is 11.1. The van der Waals surface area contributed by atoms with E-state index in [1.165, 1.54) is 5.39 Å². The average molecular weight is 347 g/mol. The van der Waals surface area contributed by atoms with Gasteiger partial charge >= 0.3 is 0 Å². The number of hydrogen-bond donors (Lipinski definition) is 0. The molecule has 0 bridgehead atoms. The largest absolute Gasteiger partial charge is 0.436 e. The molecule has 1 aromatic heterocycles. The van der Waals surface area contributed by atoms with Gasteiger partial charge in [0, 0.05) is 0 Å². The maximum Gasteiger partial charge on any atom is 0.228 e. The Balaban J connectivity index is 1.86. The Morgan fingerprint density at radius 3 is 2.56 bits per heavy atom. The number of oxazole rings is 1. The third-order valence-corrected chi connectivity index (χ3v) is 4.87. The Morgan fingerprint density at radius 1 is 0.815 bits per heavy atom. The van der Waals surface area contributed by atoms with Gasteiger partial charge in [0.1, 0.15) is 5.52 Å². The fourth-order valence-corrected chi connectivity index (χ4v) is 3.55. The molecular weight excluding hydrogens is 330 g/mol. The number of rotatable bonds is 3. The smallest absolute Gasteiger partial charge is 0.228 e. The summed E-state index contributed by atoms with van der Waals surface area (Å²) >= 11 is 0. The van der Waals surface area contributed by atoms with Crippen LogP contribution in [0.4, 0.5) is 0 Å². The van der Waals surface area contributed by atoms with Crippen molar-refractivity contribution in [3.8, 4) is 22.6 Å². The van der Waals surface area contributed by atoms with Crippen LogP contribution in [-0.2, 0) is 0 Å². The summed E-state index contributed by atoms with van der Waals surface area (Å²) < 4.78 is 6.15. The Kier molecular flexibility index (Phi) is 3.61. The molecule has 0 aliphatic carbocycles. The number of nitrogens with zero attached hydrogens (tertiary/aromatic N) is 1. The molecule has 5 aromatic rings. The van der Waals surface area contributed by atoms with Gasteiger partial charge in [-0.25, -0.2) is 4.98 Å². The van der Waals surface area contributed by atoms with Crippen molar-refractivity contribution in [2.75, 3.05) is 0 Å². The predicted molar refractivity (Wildman–Crippen MR) is 112 cm³/mol. The number of benzene rings is 4. The molecule has 0 N–H and O–H groups in total. The second-order valence-corrected chi connectivity index (χ2v) is 6.53. The summed E-state index contributed by atoms with van der Waals surface area (Å²) in [5.74, 6) is 0.645. The molecule has 2 nitrogen and oxygen atoms in total. The highest BCUT2D eigenvalue weighted by Gasteiger charge is 2.17. The molecule has 0 spiro atoms. The molecule has 0 radical (unpaired) electrons. The van der Waals surface area contributed by atoms with E-state index in [-0.39, 0.29) is 0 Å². The highest BCUT2D eigenvalue weighted by atomic mass is 16.3. The molecule has 0 amide bonds. The molecule has 4 aromatic carbocycles. The molecule has 0 aliphatic rings. The Labute approximate surface area is 157 Å². The minimum atomic E-state index is 0.645. The molecule has 128 valence electrons. The number of hydrogen-bond acceptors (Lipinski definition) is 2. The van der Waals surface area contributed by atoms with Gasteiger partial charge < -0.3 is 4.42 Å². The molecule has 0 saturated heterocycles. The Bertz CT molecular complexity index is 1260. The quantitative estimate of drug-likeness (QED) is 0.352. The molecule has 0 atom stereocenters. The lowest BCUT2D eigenvalue weighted by molar-refractivity contribution is 0.621. The van der Waals surface area contributed by atoms with E-state index in [0.29, 0.717) is 5.89 Å². The van der Waals surface area contributed by atoms with Crippen LogP contribution in [0.25, 0.3) is 50.5 Å². The van der Waals surface area contributed by atoms with E-state index >= 15 is 0 Å². The van der Waals surface area contributed by atoms with Gasteiger partial charge in [-0.15, -0.1) is 0 Å². The molecule has 5 rings (SSSR count). The van der Waals surface area contributed by atoms with Crippen molar-refractivity contribution in [1.82, 2.24) is 4.98 Å². The number of fused-ring (bicyclic) bond motifs is 2. The number of aromatic nitrogens is 1. The van der Waals surface area contributed by atoms with Crippen molar-refractivity contribution in [1.29, 1.82) is 0 Å². The van der Waals surface area contributed by atoms with Crippen LogP contribution in [0.5, 0.6) is 0 Å². The highest BCUT2D eigenvalue weighted by Crippen LogP contribution is 2.39. The van der Waals surface area contributed by atoms with Crippen LogP contribution in [0, 0.1) is 0 Å². The minimum absolute atomic E-state index is 0.645. The molecule has 2 heteroatoms. The fourth-order valence-electron chi connectivity index (χ4n) is 3.55. The Morgan fingerprint density at radius 2 is 1.67 bits per heavy atom. The van der Waals surface area contributed by atoms with Gasteiger partial charge in [0.05, 0.1) is 5.56 Å². The third kappa shape index (κ3) is 2.63. The zero-order valence-corrected chi connectivity index (χ0v) is 14.7. The SMILES string of the molecule is C=Cc1cccc(-c2ccc3ccccc3c2-c2nc3ccccc3o2)c1. The lowest BCUT2D eigenvalue weighted by Crippen LogP contribution is -1.89. The molecule has 0 saturated carbocycles. The van der Waals surface area contributed by atoms with E-state index in [9.17, 15) is 0 Å². The van der Waals surface area contributed by atoms with E-state index in [2.05, 4.69) is 67.2 Å². The summed E-state index contributed by atoms with van der Waals surface area (Å²) in [4.78, 5) is 4.78. The lowest BCUT2D eigenvalue weighted by atomic mass is 9.93. The third-order valence-electron chi connectivity index (χ3n) is 4.87. The standard InChI is InChI=1S/C25H17NO/c1-2-17-8-7-10-19(16-17)21-15-14-18-9-3-4-11-20(18)24(21)25-26-22-12-5-6-13-23(22)27-25/h2-16H,1H2. The molecule has 1 heterocycles. The van der Waals surface area contributed by atoms with Crippen LogP contribution in [-0.4, -0.2) is 4.98 Å². The van der Waals surface area contributed by atoms with E-state index < -0.39 is 0 Å². The van der Waals surface area contributed by atoms with Crippen molar-refractivity contribution in [3.63, 3.8) is 0 Å². The molecule has 27 heavy (non-hydrogen) atoms. The van der Waals surface area contributed by atoms with Gasteiger partial charge in [-0.3, -0.25) is 0 Å². The first-order chi connectivity index (χ1) is 13.3. The van der Waals surface area contributed by atoms with E-state index in [0.717, 1.165) is 38.7 Å². The van der Waals surface area contributed by atoms with Crippen LogP contribution >= 0.6 is 0 Å². The predicted octanol–water partition coefficient (Wildman–Crippen LogP) is 6.96. The zero-order chi connectivity index (χ0) is 18.2. The van der Waals surface area contributed by atoms with Crippen LogP contribution in [0.15, 0.2) is 95.9 Å². The molecular formula is C25H17NO. The summed E-state index contributed by atoms with van der Waals surface area (Å²) in [5.41, 5.74) is 5.99. The van der Waals surface area contributed by atoms with Gasteiger partial charge in [0.2, 0.25) is 5.89 Å². The summed E-state index contributed by atoms with van der Waals surface area (Å²) in [6.07, 6.45) is 1.86. The maximum absolute atomic E-state index is 6.15. The van der Waals surface area contributed by atoms with Crippen molar-refractivity contribution in [2.45, 2.75) is 0 Å². The first kappa shape index (κ1) is 15.6. The van der Waals surface area contributed by atoms with Crippen molar-refractivity contribution < 1.29 is 4.42 Å². The summed E-state index contributed by atoms with van der Waals surface area (Å²) in [6.45, 7) is 3.89. The topological polar surface area (TPSA) is 26.0 Å². The van der Waals surface area contributed by atoms with Crippen LogP contribution in [0.2, 0.25) is 0 Å². The maximum atomic E-state index is 6.15. The average Bonchev–Trinajstić information content (AvgIpc) is 3.16. The van der Waals surface area contributed by atoms with Crippen molar-refractivity contribution in [2.24, 2.45) is 0 Å². The Hall–Kier alpha value is -3.65. The monoisotopic (exact) mass is 347 g/mol. The molecule has 0 aliphatic heterocycles. The highest BCUT2D eigenvalue weighted by molar-refractivity contribution is 6.03. The lowest BCUT2D eigenvalue weighted by Gasteiger charge is -2.11. The fraction of sp³-hybridized carbons (Fsp3) is 0. The molecule has 0 fully saturated rings. The molecule has 0 unspecified atom stereocenters. The van der Waals surface area contributed by atoms with Crippen molar-refractivity contribution >= 4 is 27.9 Å². The summed E-state index contributed by atoms with van der Waals surface area (Å²) in [6, 6.07) is 28.9. The second-order valence-electron chi connectivity index (χ2n) is 6.53. The first-order valence-electron chi connectivity index (χ1n) is 8.94. The minimum Gasteiger partial charge on any atom is -0.436 e. The van der Waals surface area contributed by atoms with Gasteiger partial charge in [0.15, 0.2) is 5.58 Å². The van der Waals surface area contributed by atoms with E-state index in [1.807, 2.05) is 30.3 Å². The second kappa shape index (κ2) is 6.26. The summed E-state index contributed by atoms with van der Waals surface area (Å²) in [7, 11) is 0. The van der Waals surface area contributed by atoms with Gasteiger partial charge in [-0.1, -0.05) is 79.4 Å². The van der Waals surface area contributed by atoms with E-state index in [1.54, 1.807) is 0 Å². The van der Waals surface area contributed by atoms with Crippen LogP contribution in [0.1, 0.15) is 5.56 Å². The number of para-hydroxylation sites is 2. The van der Waals surface area contributed by atoms with Gasteiger partial charge in [0.25, 0.3) is 0 Å². The van der Waals surface area contributed by atoms with Gasteiger partial charge in [-0.2, -0.15) is 0 Å². The van der Waals surface area contributed by atoms with Crippen LogP contribution in [0.3, 0.4) is 0 Å².